The molecular weight excluding hydrogens is 286 g/mol. The van der Waals surface area contributed by atoms with E-state index in [1.807, 2.05) is 0 Å². The summed E-state index contributed by atoms with van der Waals surface area (Å²) < 4.78 is 33.1. The van der Waals surface area contributed by atoms with Gasteiger partial charge < -0.3 is 4.74 Å². The van der Waals surface area contributed by atoms with Gasteiger partial charge in [-0.15, -0.1) is 0 Å². The SMILES string of the molecule is CN(C)S(=O)(=O)O.O=COc1cccc2c1CCC2=O. The van der Waals surface area contributed by atoms with E-state index in [4.69, 9.17) is 9.29 Å². The van der Waals surface area contributed by atoms with Crippen molar-refractivity contribution in [2.75, 3.05) is 14.1 Å². The van der Waals surface area contributed by atoms with Gasteiger partial charge in [0, 0.05) is 31.6 Å². The van der Waals surface area contributed by atoms with Crippen molar-refractivity contribution >= 4 is 22.6 Å². The predicted octanol–water partition coefficient (Wildman–Crippen LogP) is 0.701. The Morgan fingerprint density at radius 3 is 2.40 bits per heavy atom. The summed E-state index contributed by atoms with van der Waals surface area (Å²) in [6.07, 6.45) is 1.20. The molecular formula is C12H15NO6S. The molecule has 1 aromatic rings. The van der Waals surface area contributed by atoms with E-state index in [0.717, 1.165) is 5.56 Å². The molecule has 0 radical (unpaired) electrons. The number of fused-ring (bicyclic) bond motifs is 1. The summed E-state index contributed by atoms with van der Waals surface area (Å²) in [6, 6.07) is 5.19. The van der Waals surface area contributed by atoms with Crippen LogP contribution in [0.2, 0.25) is 0 Å². The minimum Gasteiger partial charge on any atom is -0.428 e. The minimum absolute atomic E-state index is 0.131. The van der Waals surface area contributed by atoms with Crippen LogP contribution in [0.4, 0.5) is 0 Å². The van der Waals surface area contributed by atoms with Gasteiger partial charge in [-0.1, -0.05) is 12.1 Å². The van der Waals surface area contributed by atoms with E-state index in [1.165, 1.54) is 14.1 Å². The van der Waals surface area contributed by atoms with Crippen LogP contribution in [0, 0.1) is 0 Å². The second kappa shape index (κ2) is 6.60. The van der Waals surface area contributed by atoms with Gasteiger partial charge in [0.2, 0.25) is 0 Å². The maximum absolute atomic E-state index is 11.3. The molecule has 0 bridgehead atoms. The molecule has 0 fully saturated rings. The number of rotatable bonds is 3. The fraction of sp³-hybridized carbons (Fsp3) is 0.333. The zero-order chi connectivity index (χ0) is 15.3. The Labute approximate surface area is 117 Å². The first-order chi connectivity index (χ1) is 9.27. The van der Waals surface area contributed by atoms with Crippen molar-refractivity contribution in [3.05, 3.63) is 29.3 Å². The predicted molar refractivity (Wildman–Crippen MR) is 71.0 cm³/mol. The Balaban J connectivity index is 0.000000246. The molecule has 0 amide bonds. The molecule has 110 valence electrons. The van der Waals surface area contributed by atoms with Crippen molar-refractivity contribution in [3.8, 4) is 5.75 Å². The average molecular weight is 301 g/mol. The van der Waals surface area contributed by atoms with Crippen LogP contribution in [0.5, 0.6) is 5.75 Å². The van der Waals surface area contributed by atoms with Gasteiger partial charge in [0.25, 0.3) is 6.47 Å². The molecule has 0 atom stereocenters. The summed E-state index contributed by atoms with van der Waals surface area (Å²) in [4.78, 5) is 21.4. The van der Waals surface area contributed by atoms with Crippen molar-refractivity contribution in [1.82, 2.24) is 4.31 Å². The molecule has 0 saturated carbocycles. The molecule has 2 rings (SSSR count). The fourth-order valence-electron chi connectivity index (χ4n) is 1.62. The largest absolute Gasteiger partial charge is 0.428 e. The van der Waals surface area contributed by atoms with Gasteiger partial charge in [0.15, 0.2) is 5.78 Å². The van der Waals surface area contributed by atoms with Crippen molar-refractivity contribution in [3.63, 3.8) is 0 Å². The molecule has 1 aliphatic carbocycles. The highest BCUT2D eigenvalue weighted by Crippen LogP contribution is 2.29. The molecule has 0 saturated heterocycles. The van der Waals surface area contributed by atoms with Crippen molar-refractivity contribution in [2.45, 2.75) is 12.8 Å². The number of benzene rings is 1. The summed E-state index contributed by atoms with van der Waals surface area (Å²) in [6.45, 7) is 0.387. The van der Waals surface area contributed by atoms with Crippen molar-refractivity contribution < 1.29 is 27.3 Å². The second-order valence-corrected chi connectivity index (χ2v) is 5.81. The van der Waals surface area contributed by atoms with Crippen LogP contribution in [-0.4, -0.2) is 43.6 Å². The number of nitrogens with zero attached hydrogens (tertiary/aromatic N) is 1. The molecule has 0 aliphatic heterocycles. The molecule has 7 nitrogen and oxygen atoms in total. The van der Waals surface area contributed by atoms with E-state index in [2.05, 4.69) is 0 Å². The van der Waals surface area contributed by atoms with Gasteiger partial charge in [-0.25, -0.2) is 0 Å². The van der Waals surface area contributed by atoms with Crippen LogP contribution >= 0.6 is 0 Å². The Morgan fingerprint density at radius 2 is 1.90 bits per heavy atom. The lowest BCUT2D eigenvalue weighted by Gasteiger charge is -2.03. The van der Waals surface area contributed by atoms with Crippen LogP contribution in [0.1, 0.15) is 22.3 Å². The summed E-state index contributed by atoms with van der Waals surface area (Å²) >= 11 is 0. The van der Waals surface area contributed by atoms with E-state index < -0.39 is 10.3 Å². The summed E-state index contributed by atoms with van der Waals surface area (Å²) in [7, 11) is -1.42. The van der Waals surface area contributed by atoms with Gasteiger partial charge >= 0.3 is 10.3 Å². The monoisotopic (exact) mass is 301 g/mol. The van der Waals surface area contributed by atoms with Gasteiger partial charge in [-0.05, 0) is 12.5 Å². The highest BCUT2D eigenvalue weighted by atomic mass is 32.2. The maximum atomic E-state index is 11.3. The topological polar surface area (TPSA) is 101 Å². The lowest BCUT2D eigenvalue weighted by atomic mass is 10.1. The van der Waals surface area contributed by atoms with Crippen molar-refractivity contribution in [2.24, 2.45) is 0 Å². The standard InChI is InChI=1S/C10H8O3.C2H7NO3S/c11-6-13-10-3-1-2-7-8(10)4-5-9(7)12;1-3(2)7(4,5)6/h1-3,6H,4-5H2;1-2H3,(H,4,5,6). The molecule has 1 aliphatic rings. The number of hydrogen-bond donors (Lipinski definition) is 1. The third-order valence-electron chi connectivity index (χ3n) is 2.67. The first-order valence-corrected chi connectivity index (χ1v) is 7.07. The number of hydrogen-bond acceptors (Lipinski definition) is 5. The lowest BCUT2D eigenvalue weighted by Crippen LogP contribution is -2.20. The smallest absolute Gasteiger partial charge is 0.335 e. The second-order valence-electron chi connectivity index (χ2n) is 4.18. The van der Waals surface area contributed by atoms with Gasteiger partial charge in [-0.3, -0.25) is 14.1 Å². The molecule has 0 aromatic heterocycles. The first kappa shape index (κ1) is 16.3. The molecule has 0 heterocycles. The quantitative estimate of drug-likeness (QED) is 0.651. The molecule has 0 spiro atoms. The Bertz CT molecular complexity index is 608. The zero-order valence-corrected chi connectivity index (χ0v) is 11.9. The van der Waals surface area contributed by atoms with Crippen molar-refractivity contribution in [1.29, 1.82) is 0 Å². The highest BCUT2D eigenvalue weighted by Gasteiger charge is 2.22. The summed E-state index contributed by atoms with van der Waals surface area (Å²) in [5, 5.41) is 0. The molecule has 1 N–H and O–H groups in total. The third-order valence-corrected chi connectivity index (χ3v) is 3.59. The van der Waals surface area contributed by atoms with E-state index >= 15 is 0 Å². The highest BCUT2D eigenvalue weighted by molar-refractivity contribution is 7.83. The lowest BCUT2D eigenvalue weighted by molar-refractivity contribution is -0.120. The Hall–Kier alpha value is -1.77. The molecule has 8 heteroatoms. The van der Waals surface area contributed by atoms with Crippen LogP contribution in [0.25, 0.3) is 0 Å². The Kier molecular flexibility index (Phi) is 5.37. The normalized spacial score (nSPS) is 13.5. The van der Waals surface area contributed by atoms with E-state index in [1.54, 1.807) is 18.2 Å². The first-order valence-electron chi connectivity index (χ1n) is 5.67. The number of ether oxygens (including phenoxy) is 1. The number of carbonyl (C=O) groups is 2. The van der Waals surface area contributed by atoms with E-state index in [9.17, 15) is 18.0 Å². The number of Topliss-reactive ketones (excluding diaryl/α,β-unsaturated/α-hetero) is 1. The Morgan fingerprint density at radius 1 is 1.30 bits per heavy atom. The maximum Gasteiger partial charge on any atom is 0.335 e. The third kappa shape index (κ3) is 4.12. The summed E-state index contributed by atoms with van der Waals surface area (Å²) in [5.74, 6) is 0.643. The van der Waals surface area contributed by atoms with Crippen LogP contribution in [0.15, 0.2) is 18.2 Å². The fourth-order valence-corrected chi connectivity index (χ4v) is 1.62. The number of ketones is 1. The van der Waals surface area contributed by atoms with E-state index in [0.29, 0.717) is 34.9 Å². The molecule has 20 heavy (non-hydrogen) atoms. The van der Waals surface area contributed by atoms with Gasteiger partial charge in [0.1, 0.15) is 5.75 Å². The van der Waals surface area contributed by atoms with Gasteiger partial charge in [0.05, 0.1) is 0 Å². The van der Waals surface area contributed by atoms with Gasteiger partial charge in [-0.2, -0.15) is 12.7 Å². The van der Waals surface area contributed by atoms with Crippen LogP contribution < -0.4 is 4.74 Å². The zero-order valence-electron chi connectivity index (χ0n) is 11.1. The molecule has 0 unspecified atom stereocenters. The van der Waals surface area contributed by atoms with Crippen LogP contribution in [-0.2, 0) is 21.5 Å². The minimum atomic E-state index is -3.91. The van der Waals surface area contributed by atoms with E-state index in [-0.39, 0.29) is 5.78 Å². The number of carbonyl (C=O) groups excluding carboxylic acids is 2. The van der Waals surface area contributed by atoms with Crippen LogP contribution in [0.3, 0.4) is 0 Å². The molecule has 1 aromatic carbocycles. The average Bonchev–Trinajstić information content (AvgIpc) is 2.73. The summed E-state index contributed by atoms with van der Waals surface area (Å²) in [5.41, 5.74) is 1.55.